The standard InChI is InChI=1S/C6H15NO2S/c1-6(5-7)3-4-10(2,8)9/h6H,3-5,7H2,1-2H3. The smallest absolute Gasteiger partial charge is 0.147 e. The monoisotopic (exact) mass is 165 g/mol. The molecule has 0 saturated heterocycles. The summed E-state index contributed by atoms with van der Waals surface area (Å²) >= 11 is 0. The Morgan fingerprint density at radius 2 is 2.00 bits per heavy atom. The zero-order valence-corrected chi connectivity index (χ0v) is 7.32. The third-order valence-electron chi connectivity index (χ3n) is 1.38. The van der Waals surface area contributed by atoms with Crippen molar-refractivity contribution in [2.24, 2.45) is 11.7 Å². The predicted octanol–water partition coefficient (Wildman–Crippen LogP) is 0.0159. The molecule has 0 aromatic rings. The van der Waals surface area contributed by atoms with Crippen molar-refractivity contribution >= 4 is 9.84 Å². The van der Waals surface area contributed by atoms with Gasteiger partial charge < -0.3 is 5.73 Å². The number of nitrogens with two attached hydrogens (primary N) is 1. The van der Waals surface area contributed by atoms with Crippen molar-refractivity contribution in [2.75, 3.05) is 18.6 Å². The molecule has 0 aromatic carbocycles. The van der Waals surface area contributed by atoms with Crippen LogP contribution >= 0.6 is 0 Å². The molecule has 4 heteroatoms. The highest BCUT2D eigenvalue weighted by Gasteiger charge is 2.05. The molecule has 0 amide bonds. The second-order valence-corrected chi connectivity index (χ2v) is 5.02. The molecule has 0 aromatic heterocycles. The van der Waals surface area contributed by atoms with Crippen molar-refractivity contribution in [3.63, 3.8) is 0 Å². The lowest BCUT2D eigenvalue weighted by atomic mass is 10.1. The van der Waals surface area contributed by atoms with Crippen molar-refractivity contribution in [2.45, 2.75) is 13.3 Å². The fourth-order valence-corrected chi connectivity index (χ4v) is 1.36. The maximum atomic E-state index is 10.6. The minimum Gasteiger partial charge on any atom is -0.330 e. The summed E-state index contributed by atoms with van der Waals surface area (Å²) in [4.78, 5) is 0. The van der Waals surface area contributed by atoms with Crippen molar-refractivity contribution in [1.82, 2.24) is 0 Å². The van der Waals surface area contributed by atoms with E-state index < -0.39 is 9.84 Å². The first-order valence-electron chi connectivity index (χ1n) is 3.33. The Labute approximate surface area is 62.5 Å². The third-order valence-corrected chi connectivity index (χ3v) is 2.36. The van der Waals surface area contributed by atoms with Gasteiger partial charge in [0.05, 0.1) is 5.75 Å². The first kappa shape index (κ1) is 9.91. The molecule has 0 heterocycles. The molecule has 3 nitrogen and oxygen atoms in total. The summed E-state index contributed by atoms with van der Waals surface area (Å²) in [6.07, 6.45) is 1.92. The van der Waals surface area contributed by atoms with Crippen LogP contribution in [0.3, 0.4) is 0 Å². The van der Waals surface area contributed by atoms with Gasteiger partial charge in [0.2, 0.25) is 0 Å². The minimum absolute atomic E-state index is 0.255. The Bertz CT molecular complexity index is 174. The second-order valence-electron chi connectivity index (χ2n) is 2.76. The Kier molecular flexibility index (Phi) is 3.89. The zero-order chi connectivity index (χ0) is 8.20. The van der Waals surface area contributed by atoms with Gasteiger partial charge in [0.1, 0.15) is 9.84 Å². The van der Waals surface area contributed by atoms with E-state index in [0.717, 1.165) is 0 Å². The van der Waals surface area contributed by atoms with Crippen molar-refractivity contribution in [1.29, 1.82) is 0 Å². The predicted molar refractivity (Wildman–Crippen MR) is 42.5 cm³/mol. The van der Waals surface area contributed by atoms with Gasteiger partial charge in [-0.05, 0) is 18.9 Å². The van der Waals surface area contributed by atoms with E-state index in [2.05, 4.69) is 0 Å². The van der Waals surface area contributed by atoms with Crippen LogP contribution in [0.2, 0.25) is 0 Å². The fourth-order valence-electron chi connectivity index (χ4n) is 0.533. The van der Waals surface area contributed by atoms with E-state index in [1.54, 1.807) is 0 Å². The SMILES string of the molecule is CC(CN)CCS(C)(=O)=O. The van der Waals surface area contributed by atoms with E-state index in [1.807, 2.05) is 6.92 Å². The highest BCUT2D eigenvalue weighted by molar-refractivity contribution is 7.90. The lowest BCUT2D eigenvalue weighted by Crippen LogP contribution is -2.15. The average Bonchev–Trinajstić information content (AvgIpc) is 1.81. The summed E-state index contributed by atoms with van der Waals surface area (Å²) in [6, 6.07) is 0. The van der Waals surface area contributed by atoms with Crippen molar-refractivity contribution < 1.29 is 8.42 Å². The first-order chi connectivity index (χ1) is 4.45. The van der Waals surface area contributed by atoms with Gasteiger partial charge in [-0.1, -0.05) is 6.92 Å². The molecule has 0 rings (SSSR count). The number of rotatable bonds is 4. The van der Waals surface area contributed by atoms with Crippen LogP contribution in [-0.2, 0) is 9.84 Å². The van der Waals surface area contributed by atoms with Crippen molar-refractivity contribution in [3.8, 4) is 0 Å². The van der Waals surface area contributed by atoms with Crippen LogP contribution in [-0.4, -0.2) is 27.0 Å². The Morgan fingerprint density at radius 1 is 1.50 bits per heavy atom. The van der Waals surface area contributed by atoms with Crippen LogP contribution in [0.1, 0.15) is 13.3 Å². The average molecular weight is 165 g/mol. The van der Waals surface area contributed by atoms with Gasteiger partial charge in [0.25, 0.3) is 0 Å². The molecule has 0 radical (unpaired) electrons. The van der Waals surface area contributed by atoms with Crippen LogP contribution in [0.5, 0.6) is 0 Å². The molecule has 0 aliphatic carbocycles. The molecule has 0 aliphatic heterocycles. The number of sulfone groups is 1. The molecule has 0 fully saturated rings. The summed E-state index contributed by atoms with van der Waals surface area (Å²) in [5, 5.41) is 0. The molecule has 62 valence electrons. The largest absolute Gasteiger partial charge is 0.330 e. The highest BCUT2D eigenvalue weighted by Crippen LogP contribution is 2.00. The van der Waals surface area contributed by atoms with Crippen molar-refractivity contribution in [3.05, 3.63) is 0 Å². The molecule has 1 atom stereocenters. The van der Waals surface area contributed by atoms with Gasteiger partial charge in [0.15, 0.2) is 0 Å². The molecule has 2 N–H and O–H groups in total. The third kappa shape index (κ3) is 6.04. The first-order valence-corrected chi connectivity index (χ1v) is 5.39. The summed E-state index contributed by atoms with van der Waals surface area (Å²) in [7, 11) is -2.78. The Hall–Kier alpha value is -0.0900. The highest BCUT2D eigenvalue weighted by atomic mass is 32.2. The second kappa shape index (κ2) is 3.93. The Morgan fingerprint density at radius 3 is 2.30 bits per heavy atom. The van der Waals surface area contributed by atoms with E-state index in [9.17, 15) is 8.42 Å². The molecule has 0 spiro atoms. The molecule has 0 bridgehead atoms. The zero-order valence-electron chi connectivity index (χ0n) is 6.50. The van der Waals surface area contributed by atoms with Crippen LogP contribution in [0.4, 0.5) is 0 Å². The Balaban J connectivity index is 3.56. The minimum atomic E-state index is -2.78. The molecular formula is C6H15NO2S. The summed E-state index contributed by atoms with van der Waals surface area (Å²) < 4.78 is 21.2. The van der Waals surface area contributed by atoms with Gasteiger partial charge in [-0.15, -0.1) is 0 Å². The number of hydrogen-bond donors (Lipinski definition) is 1. The van der Waals surface area contributed by atoms with Crippen LogP contribution in [0, 0.1) is 5.92 Å². The van der Waals surface area contributed by atoms with E-state index in [0.29, 0.717) is 18.9 Å². The maximum absolute atomic E-state index is 10.6. The van der Waals surface area contributed by atoms with Gasteiger partial charge >= 0.3 is 0 Å². The molecule has 10 heavy (non-hydrogen) atoms. The van der Waals surface area contributed by atoms with E-state index >= 15 is 0 Å². The maximum Gasteiger partial charge on any atom is 0.147 e. The lowest BCUT2D eigenvalue weighted by Gasteiger charge is -2.05. The normalized spacial score (nSPS) is 15.1. The van der Waals surface area contributed by atoms with Gasteiger partial charge in [-0.25, -0.2) is 8.42 Å². The lowest BCUT2D eigenvalue weighted by molar-refractivity contribution is 0.556. The van der Waals surface area contributed by atoms with Crippen LogP contribution < -0.4 is 5.73 Å². The van der Waals surface area contributed by atoms with Gasteiger partial charge in [-0.3, -0.25) is 0 Å². The van der Waals surface area contributed by atoms with Crippen LogP contribution in [0.25, 0.3) is 0 Å². The van der Waals surface area contributed by atoms with Gasteiger partial charge in [-0.2, -0.15) is 0 Å². The summed E-state index contributed by atoms with van der Waals surface area (Å²) in [5.74, 6) is 0.570. The molecule has 1 unspecified atom stereocenters. The van der Waals surface area contributed by atoms with Gasteiger partial charge in [0, 0.05) is 6.26 Å². The molecule has 0 aliphatic rings. The molecular weight excluding hydrogens is 150 g/mol. The topological polar surface area (TPSA) is 60.2 Å². The van der Waals surface area contributed by atoms with Crippen LogP contribution in [0.15, 0.2) is 0 Å². The van der Waals surface area contributed by atoms with E-state index in [-0.39, 0.29) is 5.75 Å². The van der Waals surface area contributed by atoms with E-state index in [4.69, 9.17) is 5.73 Å². The summed E-state index contributed by atoms with van der Waals surface area (Å²) in [5.41, 5.74) is 5.31. The quantitative estimate of drug-likeness (QED) is 0.638. The van der Waals surface area contributed by atoms with E-state index in [1.165, 1.54) is 6.26 Å². The fraction of sp³-hybridized carbons (Fsp3) is 1.00. The number of hydrogen-bond acceptors (Lipinski definition) is 3. The summed E-state index contributed by atoms with van der Waals surface area (Å²) in [6.45, 7) is 2.51. The molecule has 0 saturated carbocycles.